The predicted octanol–water partition coefficient (Wildman–Crippen LogP) is 3.27. The minimum absolute atomic E-state index is 0.0833. The third-order valence-electron chi connectivity index (χ3n) is 4.38. The minimum atomic E-state index is -1.99. The zero-order valence-corrected chi connectivity index (χ0v) is 14.9. The summed E-state index contributed by atoms with van der Waals surface area (Å²) in [7, 11) is -0.582. The van der Waals surface area contributed by atoms with Crippen LogP contribution in [0.2, 0.25) is 18.1 Å². The maximum absolute atomic E-state index is 11.6. The first-order valence-corrected chi connectivity index (χ1v) is 10.1. The fraction of sp³-hybridized carbons (Fsp3) is 0.929. The van der Waals surface area contributed by atoms with Gasteiger partial charge < -0.3 is 9.26 Å². The topological polar surface area (TPSA) is 48.0 Å². The fourth-order valence-corrected chi connectivity index (χ4v) is 2.83. The second kappa shape index (κ2) is 6.13. The van der Waals surface area contributed by atoms with Crippen LogP contribution in [-0.2, 0) is 18.9 Å². The summed E-state index contributed by atoms with van der Waals surface area (Å²) in [5.41, 5.74) is -0.457. The van der Waals surface area contributed by atoms with E-state index in [0.29, 0.717) is 6.61 Å². The van der Waals surface area contributed by atoms with Gasteiger partial charge in [-0.3, -0.25) is 9.63 Å². The van der Waals surface area contributed by atoms with Crippen LogP contribution < -0.4 is 0 Å². The van der Waals surface area contributed by atoms with Gasteiger partial charge in [-0.1, -0.05) is 26.0 Å². The Morgan fingerprint density at radius 1 is 1.40 bits per heavy atom. The summed E-state index contributed by atoms with van der Waals surface area (Å²) in [4.78, 5) is 17.4. The minimum Gasteiger partial charge on any atom is -0.469 e. The lowest BCUT2D eigenvalue weighted by Crippen LogP contribution is -2.57. The van der Waals surface area contributed by atoms with Crippen LogP contribution in [0, 0.1) is 0 Å². The molecule has 1 saturated heterocycles. The van der Waals surface area contributed by atoms with E-state index < -0.39 is 13.9 Å². The Balaban J connectivity index is 2.87. The van der Waals surface area contributed by atoms with Gasteiger partial charge in [0.05, 0.1) is 25.7 Å². The highest BCUT2D eigenvalue weighted by molar-refractivity contribution is 6.74. The molecular formula is C14H29NO4Si. The van der Waals surface area contributed by atoms with Gasteiger partial charge >= 0.3 is 5.97 Å². The van der Waals surface area contributed by atoms with Crippen LogP contribution >= 0.6 is 0 Å². The Kier molecular flexibility index (Phi) is 5.40. The second-order valence-electron chi connectivity index (χ2n) is 7.30. The molecule has 0 aromatic heterocycles. The molecule has 1 rings (SSSR count). The Hall–Kier alpha value is -0.433. The van der Waals surface area contributed by atoms with Gasteiger partial charge in [-0.25, -0.2) is 0 Å². The van der Waals surface area contributed by atoms with E-state index in [1.54, 1.807) is 5.23 Å². The third kappa shape index (κ3) is 4.04. The highest BCUT2D eigenvalue weighted by Crippen LogP contribution is 2.40. The Morgan fingerprint density at radius 3 is 2.50 bits per heavy atom. The van der Waals surface area contributed by atoms with Crippen LogP contribution in [-0.4, -0.2) is 38.8 Å². The van der Waals surface area contributed by atoms with E-state index in [2.05, 4.69) is 33.9 Å². The molecule has 1 fully saturated rings. The van der Waals surface area contributed by atoms with Crippen LogP contribution in [0.1, 0.15) is 47.0 Å². The fourth-order valence-electron chi connectivity index (χ4n) is 1.86. The Morgan fingerprint density at radius 2 is 2.00 bits per heavy atom. The van der Waals surface area contributed by atoms with Crippen molar-refractivity contribution < 1.29 is 18.9 Å². The highest BCUT2D eigenvalue weighted by atomic mass is 28.4. The van der Waals surface area contributed by atoms with Gasteiger partial charge in [-0.05, 0) is 37.9 Å². The summed E-state index contributed by atoms with van der Waals surface area (Å²) >= 11 is 0. The molecule has 0 bridgehead atoms. The average Bonchev–Trinajstić information content (AvgIpc) is 2.30. The molecule has 1 atom stereocenters. The predicted molar refractivity (Wildman–Crippen MR) is 80.3 cm³/mol. The molecule has 0 saturated carbocycles. The molecule has 0 aromatic carbocycles. The SMILES string of the molecule is COC(=O)CC1(C)CCCON1O[Si](C)(C)C(C)(C)C. The molecule has 0 aliphatic carbocycles. The van der Waals surface area contributed by atoms with Crippen LogP contribution in [0.5, 0.6) is 0 Å². The molecule has 0 N–H and O–H groups in total. The van der Waals surface area contributed by atoms with Gasteiger partial charge in [0.2, 0.25) is 8.32 Å². The van der Waals surface area contributed by atoms with Crippen molar-refractivity contribution in [2.24, 2.45) is 0 Å². The number of hydroxylamine groups is 2. The first kappa shape index (κ1) is 17.6. The Labute approximate surface area is 123 Å². The zero-order chi connectivity index (χ0) is 15.6. The lowest BCUT2D eigenvalue weighted by Gasteiger charge is -2.47. The highest BCUT2D eigenvalue weighted by Gasteiger charge is 2.46. The number of hydrogen-bond acceptors (Lipinski definition) is 5. The van der Waals surface area contributed by atoms with Crippen molar-refractivity contribution in [1.29, 1.82) is 0 Å². The number of hydrogen-bond donors (Lipinski definition) is 0. The van der Waals surface area contributed by atoms with Gasteiger partial charge in [0.1, 0.15) is 0 Å². The number of methoxy groups -OCH3 is 1. The summed E-state index contributed by atoms with van der Waals surface area (Å²) in [6.07, 6.45) is 2.06. The molecule has 1 heterocycles. The quantitative estimate of drug-likeness (QED) is 0.589. The first-order chi connectivity index (χ1) is 9.02. The summed E-state index contributed by atoms with van der Waals surface area (Å²) in [5.74, 6) is -0.234. The van der Waals surface area contributed by atoms with Crippen molar-refractivity contribution in [2.75, 3.05) is 13.7 Å². The van der Waals surface area contributed by atoms with E-state index in [9.17, 15) is 4.79 Å². The second-order valence-corrected chi connectivity index (χ2v) is 12.0. The first-order valence-electron chi connectivity index (χ1n) is 7.21. The van der Waals surface area contributed by atoms with Crippen LogP contribution in [0.15, 0.2) is 0 Å². The number of rotatable bonds is 4. The zero-order valence-electron chi connectivity index (χ0n) is 13.9. The van der Waals surface area contributed by atoms with Gasteiger partial charge in [0.15, 0.2) is 0 Å². The molecular weight excluding hydrogens is 274 g/mol. The van der Waals surface area contributed by atoms with Gasteiger partial charge in [-0.2, -0.15) is 0 Å². The van der Waals surface area contributed by atoms with Crippen molar-refractivity contribution >= 4 is 14.3 Å². The van der Waals surface area contributed by atoms with Gasteiger partial charge in [-0.15, -0.1) is 0 Å². The van der Waals surface area contributed by atoms with Crippen molar-refractivity contribution in [1.82, 2.24) is 5.23 Å². The lowest BCUT2D eigenvalue weighted by molar-refractivity contribution is -0.390. The molecule has 1 aliphatic heterocycles. The van der Waals surface area contributed by atoms with Crippen LogP contribution in [0.25, 0.3) is 0 Å². The standard InChI is InChI=1S/C14H29NO4Si/c1-13(2,3)20(6,7)19-15-14(4,9-8-10-18-15)11-12(16)17-5/h8-11H2,1-7H3. The number of ether oxygens (including phenoxy) is 1. The molecule has 20 heavy (non-hydrogen) atoms. The molecule has 0 amide bonds. The molecule has 1 unspecified atom stereocenters. The maximum Gasteiger partial charge on any atom is 0.307 e. The van der Waals surface area contributed by atoms with Gasteiger partial charge in [0, 0.05) is 0 Å². The lowest BCUT2D eigenvalue weighted by atomic mass is 9.92. The monoisotopic (exact) mass is 303 g/mol. The van der Waals surface area contributed by atoms with Crippen molar-refractivity contribution in [2.45, 2.75) is 70.6 Å². The van der Waals surface area contributed by atoms with Crippen molar-refractivity contribution in [3.05, 3.63) is 0 Å². The molecule has 1 aliphatic rings. The molecule has 0 aromatic rings. The summed E-state index contributed by atoms with van der Waals surface area (Å²) in [5, 5.41) is 1.67. The number of nitrogens with zero attached hydrogens (tertiary/aromatic N) is 1. The summed E-state index contributed by atoms with van der Waals surface area (Å²) in [6.45, 7) is 13.5. The molecule has 0 spiro atoms. The number of carbonyl (C=O) groups is 1. The third-order valence-corrected chi connectivity index (χ3v) is 8.61. The average molecular weight is 303 g/mol. The number of carbonyl (C=O) groups excluding carboxylic acids is 1. The van der Waals surface area contributed by atoms with E-state index in [4.69, 9.17) is 14.1 Å². The van der Waals surface area contributed by atoms with Crippen LogP contribution in [0.4, 0.5) is 0 Å². The van der Waals surface area contributed by atoms with Crippen LogP contribution in [0.3, 0.4) is 0 Å². The molecule has 5 nitrogen and oxygen atoms in total. The normalized spacial score (nSPS) is 25.6. The van der Waals surface area contributed by atoms with E-state index >= 15 is 0 Å². The molecule has 118 valence electrons. The summed E-state index contributed by atoms with van der Waals surface area (Å²) < 4.78 is 11.0. The summed E-state index contributed by atoms with van der Waals surface area (Å²) in [6, 6.07) is 0. The van der Waals surface area contributed by atoms with E-state index in [1.807, 2.05) is 6.92 Å². The largest absolute Gasteiger partial charge is 0.469 e. The Bertz CT molecular complexity index is 354. The maximum atomic E-state index is 11.6. The molecule has 6 heteroatoms. The van der Waals surface area contributed by atoms with E-state index in [1.165, 1.54) is 7.11 Å². The number of esters is 1. The smallest absolute Gasteiger partial charge is 0.307 e. The van der Waals surface area contributed by atoms with E-state index in [0.717, 1.165) is 12.8 Å². The van der Waals surface area contributed by atoms with Gasteiger partial charge in [0.25, 0.3) is 0 Å². The van der Waals surface area contributed by atoms with Crippen molar-refractivity contribution in [3.63, 3.8) is 0 Å². The van der Waals surface area contributed by atoms with Crippen molar-refractivity contribution in [3.8, 4) is 0 Å². The molecule has 0 radical (unpaired) electrons. The van der Waals surface area contributed by atoms with E-state index in [-0.39, 0.29) is 17.4 Å².